The second-order valence-electron chi connectivity index (χ2n) is 10.9. The summed E-state index contributed by atoms with van der Waals surface area (Å²) in [7, 11) is 1.53. The summed E-state index contributed by atoms with van der Waals surface area (Å²) < 4.78 is 19.5. The van der Waals surface area contributed by atoms with E-state index in [1.54, 1.807) is 42.6 Å². The number of benzene rings is 4. The van der Waals surface area contributed by atoms with E-state index in [1.807, 2.05) is 38.1 Å². The monoisotopic (exact) mass is 684 g/mol. The summed E-state index contributed by atoms with van der Waals surface area (Å²) in [4.78, 5) is 29.3. The zero-order valence-electron chi connectivity index (χ0n) is 26.1. The molecule has 236 valence electrons. The smallest absolute Gasteiger partial charge is 0.282 e. The predicted molar refractivity (Wildman–Crippen MR) is 183 cm³/mol. The number of ether oxygens (including phenoxy) is 3. The first-order chi connectivity index (χ1) is 22.1. The Balaban J connectivity index is 1.55. The number of non-ortho nitro benzene ring substituents is 1. The van der Waals surface area contributed by atoms with Gasteiger partial charge in [0.1, 0.15) is 12.4 Å². The standard InChI is InChI=1S/C35H33BrN4O6/c1-6-45-31-15-22(4)28(18-27(31)21(2)3)34-38-30-10-8-7-9-26(30)35(41)39(34)37-19-24-16-29(36)33(32(17-24)44-5)46-20-23-11-13-25(14-12-23)40(42)43/h7-19,21H,6,20H2,1-5H3. The first-order valence-corrected chi connectivity index (χ1v) is 15.5. The van der Waals surface area contributed by atoms with Gasteiger partial charge in [-0.3, -0.25) is 14.9 Å². The van der Waals surface area contributed by atoms with E-state index in [9.17, 15) is 14.9 Å². The molecular weight excluding hydrogens is 652 g/mol. The van der Waals surface area contributed by atoms with Crippen LogP contribution in [0, 0.1) is 17.0 Å². The normalized spacial score (nSPS) is 11.4. The number of nitro benzene ring substituents is 1. The number of nitro groups is 1. The number of fused-ring (bicyclic) bond motifs is 1. The van der Waals surface area contributed by atoms with Gasteiger partial charge in [0, 0.05) is 17.7 Å². The third-order valence-corrected chi connectivity index (χ3v) is 7.97. The van der Waals surface area contributed by atoms with Gasteiger partial charge in [-0.05, 0) is 106 Å². The molecule has 0 aliphatic rings. The zero-order valence-corrected chi connectivity index (χ0v) is 27.7. The lowest BCUT2D eigenvalue weighted by molar-refractivity contribution is -0.384. The molecule has 0 saturated carbocycles. The summed E-state index contributed by atoms with van der Waals surface area (Å²) in [5.41, 5.74) is 4.37. The Morgan fingerprint density at radius 3 is 2.46 bits per heavy atom. The van der Waals surface area contributed by atoms with Crippen molar-refractivity contribution in [1.82, 2.24) is 9.66 Å². The van der Waals surface area contributed by atoms with Crippen LogP contribution in [0.15, 0.2) is 87.2 Å². The van der Waals surface area contributed by atoms with E-state index in [-0.39, 0.29) is 23.8 Å². The Labute approximate surface area is 274 Å². The average molecular weight is 686 g/mol. The van der Waals surface area contributed by atoms with Gasteiger partial charge in [-0.1, -0.05) is 26.0 Å². The Kier molecular flexibility index (Phi) is 9.81. The zero-order chi connectivity index (χ0) is 33.0. The molecule has 0 unspecified atom stereocenters. The van der Waals surface area contributed by atoms with Gasteiger partial charge in [0.2, 0.25) is 0 Å². The Morgan fingerprint density at radius 1 is 1.04 bits per heavy atom. The molecule has 10 nitrogen and oxygen atoms in total. The van der Waals surface area contributed by atoms with Gasteiger partial charge in [-0.25, -0.2) is 4.98 Å². The van der Waals surface area contributed by atoms with Gasteiger partial charge in [0.15, 0.2) is 17.3 Å². The van der Waals surface area contributed by atoms with Crippen molar-refractivity contribution in [2.45, 2.75) is 40.2 Å². The van der Waals surface area contributed by atoms with E-state index in [1.165, 1.54) is 23.9 Å². The van der Waals surface area contributed by atoms with Gasteiger partial charge in [0.05, 0.1) is 40.2 Å². The molecule has 11 heteroatoms. The molecule has 1 heterocycles. The predicted octanol–water partition coefficient (Wildman–Crippen LogP) is 8.03. The SMILES string of the molecule is CCOc1cc(C)c(-c2nc3ccccc3c(=O)n2N=Cc2cc(Br)c(OCc3ccc([N+](=O)[O-])cc3)c(OC)c2)cc1C(C)C. The van der Waals surface area contributed by atoms with Crippen molar-refractivity contribution in [2.75, 3.05) is 13.7 Å². The molecule has 0 amide bonds. The summed E-state index contributed by atoms with van der Waals surface area (Å²) in [6.45, 7) is 8.83. The third-order valence-electron chi connectivity index (χ3n) is 7.38. The van der Waals surface area contributed by atoms with Crippen molar-refractivity contribution >= 4 is 38.7 Å². The van der Waals surface area contributed by atoms with Crippen LogP contribution in [0.1, 0.15) is 48.9 Å². The molecule has 0 N–H and O–H groups in total. The minimum Gasteiger partial charge on any atom is -0.494 e. The van der Waals surface area contributed by atoms with Crippen LogP contribution in [-0.2, 0) is 6.61 Å². The van der Waals surface area contributed by atoms with Crippen LogP contribution in [0.25, 0.3) is 22.3 Å². The lowest BCUT2D eigenvalue weighted by Crippen LogP contribution is -2.21. The lowest BCUT2D eigenvalue weighted by Gasteiger charge is -2.18. The molecule has 0 saturated heterocycles. The quantitative estimate of drug-likeness (QED) is 0.0785. The summed E-state index contributed by atoms with van der Waals surface area (Å²) in [5.74, 6) is 2.29. The van der Waals surface area contributed by atoms with Gasteiger partial charge >= 0.3 is 0 Å². The van der Waals surface area contributed by atoms with Crippen LogP contribution in [0.3, 0.4) is 0 Å². The fraction of sp³-hybridized carbons (Fsp3) is 0.229. The molecule has 0 radical (unpaired) electrons. The molecule has 1 aromatic heterocycles. The summed E-state index contributed by atoms with van der Waals surface area (Å²) >= 11 is 3.57. The summed E-state index contributed by atoms with van der Waals surface area (Å²) in [5, 5.41) is 16.1. The molecule has 0 fully saturated rings. The van der Waals surface area contributed by atoms with Crippen molar-refractivity contribution in [3.8, 4) is 28.6 Å². The number of hydrogen-bond acceptors (Lipinski definition) is 8. The van der Waals surface area contributed by atoms with Crippen LogP contribution < -0.4 is 19.8 Å². The molecule has 5 rings (SSSR count). The average Bonchev–Trinajstić information content (AvgIpc) is 3.04. The van der Waals surface area contributed by atoms with Gasteiger partial charge in [-0.2, -0.15) is 9.78 Å². The highest BCUT2D eigenvalue weighted by Crippen LogP contribution is 2.37. The van der Waals surface area contributed by atoms with E-state index in [2.05, 4.69) is 34.9 Å². The first-order valence-electron chi connectivity index (χ1n) is 14.7. The van der Waals surface area contributed by atoms with Gasteiger partial charge in [-0.15, -0.1) is 0 Å². The maximum absolute atomic E-state index is 13.9. The Hall–Kier alpha value is -5.03. The van der Waals surface area contributed by atoms with Crippen molar-refractivity contribution in [3.05, 3.63) is 120 Å². The van der Waals surface area contributed by atoms with Crippen molar-refractivity contribution in [3.63, 3.8) is 0 Å². The summed E-state index contributed by atoms with van der Waals surface area (Å²) in [6, 6.07) is 20.9. The number of hydrogen-bond donors (Lipinski definition) is 0. The first kappa shape index (κ1) is 32.4. The van der Waals surface area contributed by atoms with Crippen LogP contribution in [-0.4, -0.2) is 34.5 Å². The van der Waals surface area contributed by atoms with Crippen molar-refractivity contribution in [1.29, 1.82) is 0 Å². The fourth-order valence-corrected chi connectivity index (χ4v) is 5.60. The third kappa shape index (κ3) is 6.79. The highest BCUT2D eigenvalue weighted by molar-refractivity contribution is 9.10. The molecule has 0 aliphatic heterocycles. The number of methoxy groups -OCH3 is 1. The van der Waals surface area contributed by atoms with Crippen LogP contribution in [0.5, 0.6) is 17.2 Å². The van der Waals surface area contributed by atoms with Crippen molar-refractivity contribution < 1.29 is 19.1 Å². The maximum Gasteiger partial charge on any atom is 0.282 e. The maximum atomic E-state index is 13.9. The number of rotatable bonds is 11. The summed E-state index contributed by atoms with van der Waals surface area (Å²) in [6.07, 6.45) is 1.57. The largest absolute Gasteiger partial charge is 0.494 e. The Morgan fingerprint density at radius 2 is 1.78 bits per heavy atom. The number of aromatic nitrogens is 2. The molecule has 4 aromatic carbocycles. The van der Waals surface area contributed by atoms with E-state index < -0.39 is 4.92 Å². The molecule has 5 aromatic rings. The van der Waals surface area contributed by atoms with Crippen molar-refractivity contribution in [2.24, 2.45) is 5.10 Å². The molecule has 46 heavy (non-hydrogen) atoms. The highest BCUT2D eigenvalue weighted by Gasteiger charge is 2.19. The topological polar surface area (TPSA) is 118 Å². The van der Waals surface area contributed by atoms with Gasteiger partial charge in [0.25, 0.3) is 11.2 Å². The number of aryl methyl sites for hydroxylation is 1. The van der Waals surface area contributed by atoms with E-state index in [4.69, 9.17) is 19.2 Å². The van der Waals surface area contributed by atoms with Crippen LogP contribution >= 0.6 is 15.9 Å². The van der Waals surface area contributed by atoms with Crippen LogP contribution in [0.2, 0.25) is 0 Å². The minimum absolute atomic E-state index is 0.00748. The molecule has 0 bridgehead atoms. The lowest BCUT2D eigenvalue weighted by atomic mass is 9.96. The molecular formula is C35H33BrN4O6. The van der Waals surface area contributed by atoms with Crippen LogP contribution in [0.4, 0.5) is 5.69 Å². The fourth-order valence-electron chi connectivity index (χ4n) is 5.02. The molecule has 0 spiro atoms. The van der Waals surface area contributed by atoms with E-state index in [0.717, 1.165) is 28.0 Å². The number of halogens is 1. The van der Waals surface area contributed by atoms with Gasteiger partial charge < -0.3 is 14.2 Å². The number of para-hydroxylation sites is 1. The highest BCUT2D eigenvalue weighted by atomic mass is 79.9. The second kappa shape index (κ2) is 13.9. The Bertz CT molecular complexity index is 2000. The molecule has 0 atom stereocenters. The molecule has 0 aliphatic carbocycles. The second-order valence-corrected chi connectivity index (χ2v) is 11.7. The number of nitrogens with zero attached hydrogens (tertiary/aromatic N) is 4. The van der Waals surface area contributed by atoms with E-state index in [0.29, 0.717) is 44.9 Å². The van der Waals surface area contributed by atoms with E-state index >= 15 is 0 Å². The minimum atomic E-state index is -0.447.